The molecular formula is C5H6N2Se. The Labute approximate surface area is 53.6 Å². The topological polar surface area (TPSA) is 49.9 Å². The number of hydrogen-bond acceptors (Lipinski definition) is 1. The van der Waals surface area contributed by atoms with Crippen molar-refractivity contribution in [3.8, 4) is 0 Å². The summed E-state index contributed by atoms with van der Waals surface area (Å²) in [4.78, 5) is 2.05. The summed E-state index contributed by atoms with van der Waals surface area (Å²) >= 11 is 0.339. The molecule has 1 aromatic heterocycles. The zero-order chi connectivity index (χ0) is 5.98. The number of hydrogen-bond donors (Lipinski definition) is 2. The summed E-state index contributed by atoms with van der Waals surface area (Å²) in [5.74, 6) is 0.218. The standard InChI is InChI=1S/C5H6N2Se/c6-5(7)4-2-1-3-8-4/h1-3H,(H3,6,7). The fourth-order valence-corrected chi connectivity index (χ4v) is 1.67. The van der Waals surface area contributed by atoms with E-state index in [1.165, 1.54) is 0 Å². The van der Waals surface area contributed by atoms with Gasteiger partial charge in [-0.25, -0.2) is 0 Å². The third kappa shape index (κ3) is 0.997. The second-order valence-electron chi connectivity index (χ2n) is 1.39. The van der Waals surface area contributed by atoms with Gasteiger partial charge >= 0.3 is 53.0 Å². The van der Waals surface area contributed by atoms with Gasteiger partial charge in [0.25, 0.3) is 0 Å². The number of amidine groups is 1. The third-order valence-electron chi connectivity index (χ3n) is 0.787. The Bertz CT molecular complexity index is 178. The Hall–Kier alpha value is -0.531. The minimum absolute atomic E-state index is 0.218. The zero-order valence-corrected chi connectivity index (χ0v) is 5.93. The third-order valence-corrected chi connectivity index (χ3v) is 2.68. The predicted molar refractivity (Wildman–Crippen MR) is 34.4 cm³/mol. The van der Waals surface area contributed by atoms with Gasteiger partial charge in [-0.3, -0.25) is 0 Å². The fourth-order valence-electron chi connectivity index (χ4n) is 0.432. The first kappa shape index (κ1) is 5.60. The van der Waals surface area contributed by atoms with Crippen LogP contribution in [-0.4, -0.2) is 20.3 Å². The van der Waals surface area contributed by atoms with Gasteiger partial charge in [0.05, 0.1) is 0 Å². The van der Waals surface area contributed by atoms with Crippen LogP contribution in [0.15, 0.2) is 17.1 Å². The SMILES string of the molecule is N=C(N)c1ccc[se]1. The Morgan fingerprint density at radius 3 is 2.75 bits per heavy atom. The van der Waals surface area contributed by atoms with Crippen LogP contribution >= 0.6 is 0 Å². The van der Waals surface area contributed by atoms with Crippen molar-refractivity contribution < 1.29 is 0 Å². The van der Waals surface area contributed by atoms with Crippen molar-refractivity contribution in [1.82, 2.24) is 0 Å². The van der Waals surface area contributed by atoms with E-state index in [-0.39, 0.29) is 5.84 Å². The molecule has 3 N–H and O–H groups in total. The van der Waals surface area contributed by atoms with Crippen LogP contribution in [0.4, 0.5) is 0 Å². The van der Waals surface area contributed by atoms with E-state index in [0.29, 0.717) is 14.5 Å². The van der Waals surface area contributed by atoms with Gasteiger partial charge < -0.3 is 0 Å². The van der Waals surface area contributed by atoms with Crippen molar-refractivity contribution in [2.45, 2.75) is 0 Å². The summed E-state index contributed by atoms with van der Waals surface area (Å²) in [5.41, 5.74) is 5.19. The molecule has 42 valence electrons. The average molecular weight is 173 g/mol. The van der Waals surface area contributed by atoms with E-state index in [2.05, 4.69) is 0 Å². The van der Waals surface area contributed by atoms with Crippen LogP contribution in [0.5, 0.6) is 0 Å². The van der Waals surface area contributed by atoms with E-state index < -0.39 is 0 Å². The minimum atomic E-state index is 0.218. The maximum atomic E-state index is 6.98. The Kier molecular flexibility index (Phi) is 1.51. The van der Waals surface area contributed by atoms with E-state index in [1.54, 1.807) is 0 Å². The molecule has 0 unspecified atom stereocenters. The molecule has 2 nitrogen and oxygen atoms in total. The number of rotatable bonds is 1. The molecule has 0 aliphatic rings. The summed E-state index contributed by atoms with van der Waals surface area (Å²) in [7, 11) is 0. The number of nitrogen functional groups attached to an aromatic ring is 1. The summed E-state index contributed by atoms with van der Waals surface area (Å²) in [6.45, 7) is 0. The molecule has 1 heterocycles. The van der Waals surface area contributed by atoms with Crippen LogP contribution in [0.25, 0.3) is 0 Å². The molecule has 0 aliphatic carbocycles. The first-order valence-electron chi connectivity index (χ1n) is 2.18. The monoisotopic (exact) mass is 174 g/mol. The van der Waals surface area contributed by atoms with Gasteiger partial charge in [-0.15, -0.1) is 0 Å². The van der Waals surface area contributed by atoms with Gasteiger partial charge in [-0.2, -0.15) is 0 Å². The van der Waals surface area contributed by atoms with E-state index in [0.717, 1.165) is 4.44 Å². The van der Waals surface area contributed by atoms with Crippen molar-refractivity contribution in [2.75, 3.05) is 0 Å². The van der Waals surface area contributed by atoms with E-state index >= 15 is 0 Å². The van der Waals surface area contributed by atoms with Crippen LogP contribution in [0.3, 0.4) is 0 Å². The average Bonchev–Trinajstić information content (AvgIpc) is 2.12. The molecule has 8 heavy (non-hydrogen) atoms. The van der Waals surface area contributed by atoms with Gasteiger partial charge in [0.2, 0.25) is 0 Å². The molecule has 0 saturated heterocycles. The molecule has 0 spiro atoms. The van der Waals surface area contributed by atoms with E-state index in [9.17, 15) is 0 Å². The molecular weight excluding hydrogens is 167 g/mol. The van der Waals surface area contributed by atoms with Crippen LogP contribution < -0.4 is 5.73 Å². The summed E-state index contributed by atoms with van der Waals surface area (Å²) in [6.07, 6.45) is 0. The Morgan fingerprint density at radius 2 is 2.50 bits per heavy atom. The van der Waals surface area contributed by atoms with Crippen molar-refractivity contribution in [3.05, 3.63) is 21.5 Å². The molecule has 1 aromatic rings. The quantitative estimate of drug-likeness (QED) is 0.351. The molecule has 0 radical (unpaired) electrons. The molecule has 0 fully saturated rings. The van der Waals surface area contributed by atoms with Crippen molar-refractivity contribution >= 4 is 20.3 Å². The first-order valence-corrected chi connectivity index (χ1v) is 4.03. The molecule has 0 atom stereocenters. The molecule has 0 aromatic carbocycles. The molecule has 0 amide bonds. The zero-order valence-electron chi connectivity index (χ0n) is 4.22. The summed E-state index contributed by atoms with van der Waals surface area (Å²) in [5, 5.41) is 6.98. The summed E-state index contributed by atoms with van der Waals surface area (Å²) < 4.78 is 0.984. The molecule has 1 rings (SSSR count). The first-order chi connectivity index (χ1) is 3.80. The van der Waals surface area contributed by atoms with Gasteiger partial charge in [-0.1, -0.05) is 0 Å². The summed E-state index contributed by atoms with van der Waals surface area (Å²) in [6, 6.07) is 3.83. The van der Waals surface area contributed by atoms with Crippen LogP contribution in [0.2, 0.25) is 0 Å². The van der Waals surface area contributed by atoms with Crippen LogP contribution in [0.1, 0.15) is 4.44 Å². The van der Waals surface area contributed by atoms with Gasteiger partial charge in [0, 0.05) is 0 Å². The van der Waals surface area contributed by atoms with Crippen molar-refractivity contribution in [2.24, 2.45) is 5.73 Å². The predicted octanol–water partition coefficient (Wildman–Crippen LogP) is 0.0277. The van der Waals surface area contributed by atoms with Crippen LogP contribution in [-0.2, 0) is 0 Å². The Balaban J connectivity index is 2.93. The second-order valence-corrected chi connectivity index (χ2v) is 3.38. The van der Waals surface area contributed by atoms with Crippen molar-refractivity contribution in [1.29, 1.82) is 5.41 Å². The van der Waals surface area contributed by atoms with Gasteiger partial charge in [0.15, 0.2) is 0 Å². The number of nitrogens with two attached hydrogens (primary N) is 1. The maximum absolute atomic E-state index is 6.98. The van der Waals surface area contributed by atoms with Gasteiger partial charge in [-0.05, 0) is 0 Å². The molecule has 0 bridgehead atoms. The van der Waals surface area contributed by atoms with Crippen LogP contribution in [0, 0.1) is 5.41 Å². The normalized spacial score (nSPS) is 9.00. The second kappa shape index (κ2) is 2.16. The fraction of sp³-hybridized carbons (Fsp3) is 0. The van der Waals surface area contributed by atoms with E-state index in [1.807, 2.05) is 17.1 Å². The molecule has 3 heteroatoms. The van der Waals surface area contributed by atoms with E-state index in [4.69, 9.17) is 11.1 Å². The van der Waals surface area contributed by atoms with Crippen molar-refractivity contribution in [3.63, 3.8) is 0 Å². The molecule has 0 saturated carbocycles. The Morgan fingerprint density at radius 1 is 1.75 bits per heavy atom. The van der Waals surface area contributed by atoms with Gasteiger partial charge in [0.1, 0.15) is 0 Å². The number of nitrogens with one attached hydrogen (secondary N) is 1. The molecule has 0 aliphatic heterocycles.